The predicted octanol–water partition coefficient (Wildman–Crippen LogP) is 3.04. The second-order valence-corrected chi connectivity index (χ2v) is 5.35. The number of rotatable bonds is 3. The van der Waals surface area contributed by atoms with Crippen molar-refractivity contribution in [3.05, 3.63) is 72.2 Å². The van der Waals surface area contributed by atoms with Gasteiger partial charge in [0.2, 0.25) is 0 Å². The Balaban J connectivity index is 1.51. The Morgan fingerprint density at radius 1 is 1.04 bits per heavy atom. The van der Waals surface area contributed by atoms with Crippen molar-refractivity contribution in [2.45, 2.75) is 6.54 Å². The first-order valence-electron chi connectivity index (χ1n) is 7.34. The number of para-hydroxylation sites is 1. The smallest absolute Gasteiger partial charge is 0.251 e. The molecule has 0 fully saturated rings. The zero-order chi connectivity index (χ0) is 15.6. The van der Waals surface area contributed by atoms with E-state index >= 15 is 0 Å². The van der Waals surface area contributed by atoms with Gasteiger partial charge in [0.25, 0.3) is 5.91 Å². The maximum absolute atomic E-state index is 12.3. The van der Waals surface area contributed by atoms with Gasteiger partial charge in [0, 0.05) is 23.7 Å². The van der Waals surface area contributed by atoms with Crippen molar-refractivity contribution >= 4 is 27.8 Å². The average molecular weight is 302 g/mol. The molecule has 4 aromatic rings. The molecule has 0 spiro atoms. The zero-order valence-corrected chi connectivity index (χ0v) is 12.3. The van der Waals surface area contributed by atoms with E-state index in [0.717, 1.165) is 27.5 Å². The van der Waals surface area contributed by atoms with Gasteiger partial charge >= 0.3 is 0 Å². The van der Waals surface area contributed by atoms with Gasteiger partial charge in [0.15, 0.2) is 0 Å². The molecule has 0 unspecified atom stereocenters. The van der Waals surface area contributed by atoms with Gasteiger partial charge in [-0.25, -0.2) is 4.98 Å². The van der Waals surface area contributed by atoms with Crippen LogP contribution in [0.2, 0.25) is 0 Å². The molecule has 0 radical (unpaired) electrons. The van der Waals surface area contributed by atoms with Gasteiger partial charge in [0.05, 0.1) is 22.9 Å². The maximum Gasteiger partial charge on any atom is 0.251 e. The molecule has 4 rings (SSSR count). The number of fused-ring (bicyclic) bond motifs is 2. The number of carbonyl (C=O) groups is 1. The summed E-state index contributed by atoms with van der Waals surface area (Å²) in [6.45, 7) is 0.442. The number of benzene rings is 2. The third-order valence-electron chi connectivity index (χ3n) is 3.78. The highest BCUT2D eigenvalue weighted by Crippen LogP contribution is 2.14. The molecule has 2 aromatic heterocycles. The summed E-state index contributed by atoms with van der Waals surface area (Å²) in [4.78, 5) is 23.8. The normalized spacial score (nSPS) is 11.0. The third kappa shape index (κ3) is 2.64. The summed E-state index contributed by atoms with van der Waals surface area (Å²) in [6, 6.07) is 15.4. The molecule has 5 heteroatoms. The van der Waals surface area contributed by atoms with E-state index in [1.807, 2.05) is 36.4 Å². The Bertz CT molecular complexity index is 1010. The summed E-state index contributed by atoms with van der Waals surface area (Å²) < 4.78 is 0. The quantitative estimate of drug-likeness (QED) is 0.611. The molecule has 0 bridgehead atoms. The molecule has 0 saturated carbocycles. The van der Waals surface area contributed by atoms with Crippen molar-refractivity contribution in [1.29, 1.82) is 0 Å². The van der Waals surface area contributed by atoms with E-state index in [4.69, 9.17) is 0 Å². The van der Waals surface area contributed by atoms with Crippen molar-refractivity contribution in [2.24, 2.45) is 0 Å². The minimum atomic E-state index is -0.116. The first-order valence-corrected chi connectivity index (χ1v) is 7.34. The number of carbonyl (C=O) groups excluding carboxylic acids is 1. The Hall–Kier alpha value is -3.21. The first-order chi connectivity index (χ1) is 11.3. The molecule has 0 aliphatic heterocycles. The SMILES string of the molecule is O=C(NCc1cnc2ccccc2c1)c1ccc2nc[nH]c2c1. The van der Waals surface area contributed by atoms with E-state index in [1.54, 1.807) is 24.7 Å². The summed E-state index contributed by atoms with van der Waals surface area (Å²) >= 11 is 0. The molecule has 2 heterocycles. The van der Waals surface area contributed by atoms with E-state index in [-0.39, 0.29) is 5.91 Å². The maximum atomic E-state index is 12.3. The largest absolute Gasteiger partial charge is 0.348 e. The van der Waals surface area contributed by atoms with E-state index in [9.17, 15) is 4.79 Å². The van der Waals surface area contributed by atoms with Crippen molar-refractivity contribution in [3.63, 3.8) is 0 Å². The fourth-order valence-electron chi connectivity index (χ4n) is 2.57. The number of amides is 1. The highest BCUT2D eigenvalue weighted by molar-refractivity contribution is 5.97. The van der Waals surface area contributed by atoms with Crippen LogP contribution in [0.1, 0.15) is 15.9 Å². The molecular formula is C18H14N4O. The minimum absolute atomic E-state index is 0.116. The number of aromatic amines is 1. The highest BCUT2D eigenvalue weighted by atomic mass is 16.1. The molecule has 2 aromatic carbocycles. The number of nitrogens with zero attached hydrogens (tertiary/aromatic N) is 2. The first kappa shape index (κ1) is 13.5. The van der Waals surface area contributed by atoms with Crippen LogP contribution in [-0.4, -0.2) is 20.9 Å². The monoisotopic (exact) mass is 302 g/mol. The van der Waals surface area contributed by atoms with Gasteiger partial charge in [-0.3, -0.25) is 9.78 Å². The van der Waals surface area contributed by atoms with Crippen LogP contribution >= 0.6 is 0 Å². The Labute approximate surface area is 132 Å². The molecule has 0 aliphatic rings. The van der Waals surface area contributed by atoms with E-state index in [2.05, 4.69) is 20.3 Å². The lowest BCUT2D eigenvalue weighted by Crippen LogP contribution is -2.22. The number of aromatic nitrogens is 3. The molecule has 0 aliphatic carbocycles. The molecule has 2 N–H and O–H groups in total. The van der Waals surface area contributed by atoms with Crippen LogP contribution < -0.4 is 5.32 Å². The van der Waals surface area contributed by atoms with E-state index in [1.165, 1.54) is 0 Å². The Morgan fingerprint density at radius 2 is 1.96 bits per heavy atom. The van der Waals surface area contributed by atoms with Gasteiger partial charge in [-0.1, -0.05) is 18.2 Å². The van der Waals surface area contributed by atoms with Crippen LogP contribution in [0.25, 0.3) is 21.9 Å². The summed E-state index contributed by atoms with van der Waals surface area (Å²) in [6.07, 6.45) is 3.41. The minimum Gasteiger partial charge on any atom is -0.348 e. The lowest BCUT2D eigenvalue weighted by atomic mass is 10.1. The average Bonchev–Trinajstić information content (AvgIpc) is 3.07. The van der Waals surface area contributed by atoms with Crippen LogP contribution in [0.5, 0.6) is 0 Å². The fourth-order valence-corrected chi connectivity index (χ4v) is 2.57. The molecule has 23 heavy (non-hydrogen) atoms. The number of nitrogens with one attached hydrogen (secondary N) is 2. The summed E-state index contributed by atoms with van der Waals surface area (Å²) in [5, 5.41) is 3.99. The number of pyridine rings is 1. The van der Waals surface area contributed by atoms with E-state index in [0.29, 0.717) is 12.1 Å². The third-order valence-corrected chi connectivity index (χ3v) is 3.78. The van der Waals surface area contributed by atoms with Gasteiger partial charge < -0.3 is 10.3 Å². The lowest BCUT2D eigenvalue weighted by Gasteiger charge is -2.06. The summed E-state index contributed by atoms with van der Waals surface area (Å²) in [5.41, 5.74) is 4.23. The van der Waals surface area contributed by atoms with Gasteiger partial charge in [-0.2, -0.15) is 0 Å². The number of hydrogen-bond acceptors (Lipinski definition) is 3. The molecule has 1 amide bonds. The van der Waals surface area contributed by atoms with E-state index < -0.39 is 0 Å². The van der Waals surface area contributed by atoms with Gasteiger partial charge in [-0.15, -0.1) is 0 Å². The highest BCUT2D eigenvalue weighted by Gasteiger charge is 2.07. The second-order valence-electron chi connectivity index (χ2n) is 5.35. The topological polar surface area (TPSA) is 70.7 Å². The number of hydrogen-bond donors (Lipinski definition) is 2. The summed E-state index contributed by atoms with van der Waals surface area (Å²) in [5.74, 6) is -0.116. The van der Waals surface area contributed by atoms with Crippen molar-refractivity contribution in [1.82, 2.24) is 20.3 Å². The van der Waals surface area contributed by atoms with Crippen LogP contribution in [0, 0.1) is 0 Å². The Morgan fingerprint density at radius 3 is 2.91 bits per heavy atom. The summed E-state index contributed by atoms with van der Waals surface area (Å²) in [7, 11) is 0. The second kappa shape index (κ2) is 5.53. The van der Waals surface area contributed by atoms with Crippen molar-refractivity contribution in [3.8, 4) is 0 Å². The fraction of sp³-hybridized carbons (Fsp3) is 0.0556. The van der Waals surface area contributed by atoms with Gasteiger partial charge in [-0.05, 0) is 35.9 Å². The van der Waals surface area contributed by atoms with Crippen LogP contribution in [0.15, 0.2) is 61.1 Å². The van der Waals surface area contributed by atoms with Gasteiger partial charge in [0.1, 0.15) is 0 Å². The Kier molecular flexibility index (Phi) is 3.24. The predicted molar refractivity (Wildman–Crippen MR) is 89.0 cm³/mol. The molecule has 0 atom stereocenters. The van der Waals surface area contributed by atoms with Crippen molar-refractivity contribution < 1.29 is 4.79 Å². The zero-order valence-electron chi connectivity index (χ0n) is 12.3. The van der Waals surface area contributed by atoms with Crippen LogP contribution in [0.3, 0.4) is 0 Å². The molecular weight excluding hydrogens is 288 g/mol. The standard InChI is InChI=1S/C18H14N4O/c23-18(14-5-6-16-17(8-14)22-11-21-16)20-10-12-7-13-3-1-2-4-15(13)19-9-12/h1-9,11H,10H2,(H,20,23)(H,21,22). The lowest BCUT2D eigenvalue weighted by molar-refractivity contribution is 0.0951. The van der Waals surface area contributed by atoms with Crippen molar-refractivity contribution in [2.75, 3.05) is 0 Å². The molecule has 112 valence electrons. The van der Waals surface area contributed by atoms with Crippen LogP contribution in [-0.2, 0) is 6.54 Å². The molecule has 5 nitrogen and oxygen atoms in total. The number of H-pyrrole nitrogens is 1. The molecule has 0 saturated heterocycles. The number of imidazole rings is 1. The van der Waals surface area contributed by atoms with Crippen LogP contribution in [0.4, 0.5) is 0 Å².